The van der Waals surface area contributed by atoms with E-state index in [1.54, 1.807) is 0 Å². The monoisotopic (exact) mass is 260 g/mol. The lowest BCUT2D eigenvalue weighted by atomic mass is 10.3. The van der Waals surface area contributed by atoms with Crippen molar-refractivity contribution >= 4 is 0 Å². The predicted octanol–water partition coefficient (Wildman–Crippen LogP) is 4.50. The van der Waals surface area contributed by atoms with Gasteiger partial charge in [0.25, 0.3) is 0 Å². The molecule has 114 valence electrons. The van der Waals surface area contributed by atoms with E-state index < -0.39 is 0 Å². The second kappa shape index (κ2) is 22.1. The molecule has 0 atom stereocenters. The van der Waals surface area contributed by atoms with Gasteiger partial charge in [-0.2, -0.15) is 0 Å². The summed E-state index contributed by atoms with van der Waals surface area (Å²) in [5.41, 5.74) is 0. The van der Waals surface area contributed by atoms with Crippen molar-refractivity contribution in [1.82, 2.24) is 9.80 Å². The Morgan fingerprint density at radius 1 is 0.556 bits per heavy atom. The van der Waals surface area contributed by atoms with Crippen LogP contribution in [-0.4, -0.2) is 49.1 Å². The molecule has 1 rings (SSSR count). The van der Waals surface area contributed by atoms with Crippen molar-refractivity contribution in [2.45, 2.75) is 68.2 Å². The van der Waals surface area contributed by atoms with Crippen LogP contribution in [0.25, 0.3) is 0 Å². The van der Waals surface area contributed by atoms with Crippen molar-refractivity contribution in [1.29, 1.82) is 0 Å². The molecule has 1 fully saturated rings. The molecule has 1 saturated heterocycles. The Bertz CT molecular complexity index is 93.7. The summed E-state index contributed by atoms with van der Waals surface area (Å²) in [6.07, 6.45) is 2.60. The molecular formula is C16H40N2. The van der Waals surface area contributed by atoms with Crippen molar-refractivity contribution < 1.29 is 0 Å². The van der Waals surface area contributed by atoms with E-state index in [0.717, 1.165) is 0 Å². The third kappa shape index (κ3) is 14.0. The summed E-state index contributed by atoms with van der Waals surface area (Å²) >= 11 is 0. The van der Waals surface area contributed by atoms with Gasteiger partial charge in [0.05, 0.1) is 0 Å². The highest BCUT2D eigenvalue weighted by Crippen LogP contribution is 2.02. The van der Waals surface area contributed by atoms with E-state index >= 15 is 0 Å². The number of hydrogen-bond acceptors (Lipinski definition) is 2. The van der Waals surface area contributed by atoms with Crippen LogP contribution in [-0.2, 0) is 0 Å². The fraction of sp³-hybridized carbons (Fsp3) is 1.00. The van der Waals surface area contributed by atoms with Crippen LogP contribution in [0.1, 0.15) is 68.2 Å². The maximum Gasteiger partial charge on any atom is 0.0110 e. The number of nitrogens with zero attached hydrogens (tertiary/aromatic N) is 2. The van der Waals surface area contributed by atoms with Gasteiger partial charge in [0.15, 0.2) is 0 Å². The first-order valence-corrected chi connectivity index (χ1v) is 8.31. The summed E-state index contributed by atoms with van der Waals surface area (Å²) in [6.45, 7) is 24.3. The van der Waals surface area contributed by atoms with Gasteiger partial charge in [-0.25, -0.2) is 0 Å². The molecule has 2 heteroatoms. The quantitative estimate of drug-likeness (QED) is 0.734. The van der Waals surface area contributed by atoms with Gasteiger partial charge in [-0.1, -0.05) is 55.4 Å². The van der Waals surface area contributed by atoms with E-state index in [4.69, 9.17) is 0 Å². The molecule has 0 unspecified atom stereocenters. The molecule has 2 nitrogen and oxygen atoms in total. The number of piperazine rings is 1. The van der Waals surface area contributed by atoms with Gasteiger partial charge in [-0.15, -0.1) is 0 Å². The van der Waals surface area contributed by atoms with Crippen LogP contribution < -0.4 is 0 Å². The Morgan fingerprint density at radius 3 is 0.944 bits per heavy atom. The van der Waals surface area contributed by atoms with E-state index in [1.807, 2.05) is 41.5 Å². The largest absolute Gasteiger partial charge is 0.301 e. The molecule has 0 aromatic heterocycles. The Labute approximate surface area is 118 Å². The van der Waals surface area contributed by atoms with Crippen LogP contribution in [0.15, 0.2) is 0 Å². The minimum absolute atomic E-state index is 1.29. The molecule has 1 heterocycles. The molecule has 0 aliphatic carbocycles. The van der Waals surface area contributed by atoms with Crippen molar-refractivity contribution in [2.24, 2.45) is 0 Å². The van der Waals surface area contributed by atoms with Crippen LogP contribution in [0.2, 0.25) is 0 Å². The zero-order valence-electron chi connectivity index (χ0n) is 14.6. The minimum atomic E-state index is 1.29. The molecule has 0 aromatic carbocycles. The summed E-state index contributed by atoms with van der Waals surface area (Å²) in [7, 11) is 0. The second-order valence-corrected chi connectivity index (χ2v) is 3.68. The van der Waals surface area contributed by atoms with Crippen molar-refractivity contribution in [2.75, 3.05) is 39.3 Å². The highest BCUT2D eigenvalue weighted by molar-refractivity contribution is 4.70. The Morgan fingerprint density at radius 2 is 0.778 bits per heavy atom. The molecule has 1 aliphatic rings. The Balaban J connectivity index is -0.000000328. The normalized spacial score (nSPS) is 15.3. The lowest BCUT2D eigenvalue weighted by Crippen LogP contribution is -2.46. The van der Waals surface area contributed by atoms with Crippen LogP contribution in [0.5, 0.6) is 0 Å². The van der Waals surface area contributed by atoms with E-state index in [2.05, 4.69) is 23.6 Å². The molecule has 1 aliphatic heterocycles. The molecular weight excluding hydrogens is 220 g/mol. The molecule has 0 radical (unpaired) electrons. The van der Waals surface area contributed by atoms with Gasteiger partial charge < -0.3 is 9.80 Å². The predicted molar refractivity (Wildman–Crippen MR) is 87.5 cm³/mol. The number of rotatable bonds is 4. The van der Waals surface area contributed by atoms with E-state index in [9.17, 15) is 0 Å². The van der Waals surface area contributed by atoms with Gasteiger partial charge in [0.1, 0.15) is 0 Å². The lowest BCUT2D eigenvalue weighted by Gasteiger charge is -2.34. The van der Waals surface area contributed by atoms with E-state index in [0.29, 0.717) is 0 Å². The van der Waals surface area contributed by atoms with Gasteiger partial charge in [0, 0.05) is 26.2 Å². The van der Waals surface area contributed by atoms with Gasteiger partial charge in [-0.3, -0.25) is 0 Å². The second-order valence-electron chi connectivity index (χ2n) is 3.68. The molecule has 18 heavy (non-hydrogen) atoms. The molecule has 0 N–H and O–H groups in total. The van der Waals surface area contributed by atoms with Gasteiger partial charge in [0.2, 0.25) is 0 Å². The van der Waals surface area contributed by atoms with Crippen LogP contribution in [0.3, 0.4) is 0 Å². The topological polar surface area (TPSA) is 6.48 Å². The van der Waals surface area contributed by atoms with Crippen molar-refractivity contribution in [3.8, 4) is 0 Å². The van der Waals surface area contributed by atoms with E-state index in [-0.39, 0.29) is 0 Å². The number of hydrogen-bond donors (Lipinski definition) is 0. The molecule has 0 spiro atoms. The van der Waals surface area contributed by atoms with Crippen molar-refractivity contribution in [3.63, 3.8) is 0 Å². The third-order valence-electron chi connectivity index (χ3n) is 2.54. The fourth-order valence-corrected chi connectivity index (χ4v) is 1.87. The molecule has 0 aromatic rings. The fourth-order valence-electron chi connectivity index (χ4n) is 1.87. The lowest BCUT2D eigenvalue weighted by molar-refractivity contribution is 0.133. The first-order valence-electron chi connectivity index (χ1n) is 8.31. The summed E-state index contributed by atoms with van der Waals surface area (Å²) in [6, 6.07) is 0. The molecule has 0 bridgehead atoms. The minimum Gasteiger partial charge on any atom is -0.301 e. The maximum atomic E-state index is 2.58. The maximum absolute atomic E-state index is 2.58. The zero-order chi connectivity index (χ0) is 14.8. The molecule has 0 amide bonds. The SMILES string of the molecule is CC.CC.CC.CCCN1CCN(CCC)CC1. The first-order chi connectivity index (χ1) is 8.86. The summed E-state index contributed by atoms with van der Waals surface area (Å²) in [5, 5.41) is 0. The first kappa shape index (κ1) is 23.0. The van der Waals surface area contributed by atoms with E-state index in [1.165, 1.54) is 52.1 Å². The van der Waals surface area contributed by atoms with Crippen LogP contribution >= 0.6 is 0 Å². The summed E-state index contributed by atoms with van der Waals surface area (Å²) < 4.78 is 0. The smallest absolute Gasteiger partial charge is 0.0110 e. The van der Waals surface area contributed by atoms with Gasteiger partial charge >= 0.3 is 0 Å². The van der Waals surface area contributed by atoms with Crippen molar-refractivity contribution in [3.05, 3.63) is 0 Å². The highest BCUT2D eigenvalue weighted by Gasteiger charge is 2.14. The third-order valence-corrected chi connectivity index (χ3v) is 2.54. The standard InChI is InChI=1S/C10H22N2.3C2H6/c1-3-5-11-7-9-12(6-4-2)10-8-11;3*1-2/h3-10H2,1-2H3;3*1-2H3. The highest BCUT2D eigenvalue weighted by atomic mass is 15.3. The summed E-state index contributed by atoms with van der Waals surface area (Å²) in [5.74, 6) is 0. The molecule has 0 saturated carbocycles. The Hall–Kier alpha value is -0.0800. The Kier molecular flexibility index (Phi) is 28.3. The average Bonchev–Trinajstić information content (AvgIpc) is 2.48. The van der Waals surface area contributed by atoms with Crippen LogP contribution in [0.4, 0.5) is 0 Å². The summed E-state index contributed by atoms with van der Waals surface area (Å²) in [4.78, 5) is 5.15. The zero-order valence-corrected chi connectivity index (χ0v) is 14.6. The van der Waals surface area contributed by atoms with Gasteiger partial charge in [-0.05, 0) is 25.9 Å². The van der Waals surface area contributed by atoms with Crippen LogP contribution in [0, 0.1) is 0 Å². The average molecular weight is 261 g/mol.